The van der Waals surface area contributed by atoms with Gasteiger partial charge >= 0.3 is 0 Å². The van der Waals surface area contributed by atoms with Crippen molar-refractivity contribution in [2.45, 2.75) is 64.1 Å². The Labute approximate surface area is 240 Å². The molecule has 2 amide bonds. The van der Waals surface area contributed by atoms with E-state index < -0.39 is 28.5 Å². The first-order valence-corrected chi connectivity index (χ1v) is 15.3. The third kappa shape index (κ3) is 7.70. The van der Waals surface area contributed by atoms with Crippen LogP contribution in [0.15, 0.2) is 88.2 Å². The van der Waals surface area contributed by atoms with Crippen LogP contribution in [0.3, 0.4) is 0 Å². The Hall–Kier alpha value is -3.17. The molecule has 39 heavy (non-hydrogen) atoms. The number of anilines is 1. The lowest BCUT2D eigenvalue weighted by Gasteiger charge is -2.34. The first-order chi connectivity index (χ1) is 18.6. The Balaban J connectivity index is 2.06. The number of sulfonamides is 1. The standard InChI is InChI=1S/C30H36BrN3O4S/c1-5-23(4)32-30(36)28(6-2)33(20-24-14-11-10-13-22(24)3)29(35)21-34(26-16-12-15-25(31)19-26)39(37,38)27-17-8-7-9-18-27/h7-19,23,28H,5-6,20-21H2,1-4H3,(H,32,36)/t23-,28+/m0/s1. The van der Waals surface area contributed by atoms with Crippen LogP contribution in [-0.4, -0.2) is 43.8 Å². The minimum absolute atomic E-state index is 0.0569. The van der Waals surface area contributed by atoms with Crippen LogP contribution in [0.25, 0.3) is 0 Å². The predicted octanol–water partition coefficient (Wildman–Crippen LogP) is 5.67. The molecule has 0 saturated carbocycles. The largest absolute Gasteiger partial charge is 0.352 e. The summed E-state index contributed by atoms with van der Waals surface area (Å²) in [6.45, 7) is 7.41. The number of hydrogen-bond acceptors (Lipinski definition) is 4. The maximum atomic E-state index is 14.1. The maximum Gasteiger partial charge on any atom is 0.264 e. The zero-order chi connectivity index (χ0) is 28.6. The molecule has 0 unspecified atom stereocenters. The quantitative estimate of drug-likeness (QED) is 0.285. The molecule has 2 atom stereocenters. The highest BCUT2D eigenvalue weighted by Crippen LogP contribution is 2.27. The fourth-order valence-electron chi connectivity index (χ4n) is 4.21. The average molecular weight is 615 g/mol. The molecule has 208 valence electrons. The van der Waals surface area contributed by atoms with Gasteiger partial charge in [0.2, 0.25) is 11.8 Å². The summed E-state index contributed by atoms with van der Waals surface area (Å²) in [6, 6.07) is 21.7. The van der Waals surface area contributed by atoms with E-state index in [9.17, 15) is 18.0 Å². The smallest absolute Gasteiger partial charge is 0.264 e. The first kappa shape index (κ1) is 30.4. The zero-order valence-corrected chi connectivity index (χ0v) is 25.2. The summed E-state index contributed by atoms with van der Waals surface area (Å²) in [5.74, 6) is -0.724. The number of aryl methyl sites for hydroxylation is 1. The third-order valence-corrected chi connectivity index (χ3v) is 8.98. The molecule has 0 saturated heterocycles. The lowest BCUT2D eigenvalue weighted by Crippen LogP contribution is -2.53. The fraction of sp³-hybridized carbons (Fsp3) is 0.333. The van der Waals surface area contributed by atoms with Crippen LogP contribution >= 0.6 is 15.9 Å². The van der Waals surface area contributed by atoms with E-state index >= 15 is 0 Å². The third-order valence-electron chi connectivity index (χ3n) is 6.70. The summed E-state index contributed by atoms with van der Waals surface area (Å²) in [4.78, 5) is 29.0. The summed E-state index contributed by atoms with van der Waals surface area (Å²) in [5, 5.41) is 2.99. The number of halogens is 1. The van der Waals surface area contributed by atoms with E-state index in [2.05, 4.69) is 21.2 Å². The Morgan fingerprint density at radius 2 is 1.59 bits per heavy atom. The van der Waals surface area contributed by atoms with Gasteiger partial charge in [-0.25, -0.2) is 8.42 Å². The van der Waals surface area contributed by atoms with E-state index in [1.165, 1.54) is 17.0 Å². The predicted molar refractivity (Wildman–Crippen MR) is 159 cm³/mol. The minimum Gasteiger partial charge on any atom is -0.352 e. The Bertz CT molecular complexity index is 1380. The number of nitrogens with zero attached hydrogens (tertiary/aromatic N) is 2. The molecule has 0 aliphatic rings. The van der Waals surface area contributed by atoms with E-state index in [1.54, 1.807) is 42.5 Å². The van der Waals surface area contributed by atoms with Gasteiger partial charge in [-0.15, -0.1) is 0 Å². The second-order valence-corrected chi connectivity index (χ2v) is 12.3. The zero-order valence-electron chi connectivity index (χ0n) is 22.8. The average Bonchev–Trinajstić information content (AvgIpc) is 2.92. The van der Waals surface area contributed by atoms with Crippen molar-refractivity contribution in [3.63, 3.8) is 0 Å². The SMILES string of the molecule is CC[C@H](C(=O)N[C@@H](C)CC)N(Cc1ccccc1C)C(=O)CN(c1cccc(Br)c1)S(=O)(=O)c1ccccc1. The van der Waals surface area contributed by atoms with Crippen molar-refractivity contribution in [1.82, 2.24) is 10.2 Å². The summed E-state index contributed by atoms with van der Waals surface area (Å²) >= 11 is 3.41. The molecule has 0 aromatic heterocycles. The monoisotopic (exact) mass is 613 g/mol. The van der Waals surface area contributed by atoms with Gasteiger partial charge in [0.1, 0.15) is 12.6 Å². The van der Waals surface area contributed by atoms with Crippen molar-refractivity contribution in [3.05, 3.63) is 94.5 Å². The number of amides is 2. The molecular formula is C30H36BrN3O4S. The van der Waals surface area contributed by atoms with Crippen LogP contribution in [-0.2, 0) is 26.2 Å². The fourth-order valence-corrected chi connectivity index (χ4v) is 6.03. The van der Waals surface area contributed by atoms with E-state index in [1.807, 2.05) is 52.0 Å². The second kappa shape index (κ2) is 13.8. The molecule has 3 aromatic carbocycles. The second-order valence-electron chi connectivity index (χ2n) is 9.49. The van der Waals surface area contributed by atoms with Crippen molar-refractivity contribution in [3.8, 4) is 0 Å². The van der Waals surface area contributed by atoms with Crippen LogP contribution in [0, 0.1) is 6.92 Å². The molecule has 3 aromatic rings. The number of hydrogen-bond donors (Lipinski definition) is 1. The van der Waals surface area contributed by atoms with Gasteiger partial charge in [-0.1, -0.05) is 78.3 Å². The van der Waals surface area contributed by atoms with Gasteiger partial charge in [0.05, 0.1) is 10.6 Å². The molecule has 0 heterocycles. The van der Waals surface area contributed by atoms with E-state index in [0.717, 1.165) is 21.9 Å². The molecule has 1 N–H and O–H groups in total. The Kier molecular flexibility index (Phi) is 10.7. The summed E-state index contributed by atoms with van der Waals surface area (Å²) < 4.78 is 29.5. The Morgan fingerprint density at radius 3 is 2.21 bits per heavy atom. The molecule has 3 rings (SSSR count). The van der Waals surface area contributed by atoms with E-state index in [-0.39, 0.29) is 23.4 Å². The van der Waals surface area contributed by atoms with Crippen molar-refractivity contribution < 1.29 is 18.0 Å². The van der Waals surface area contributed by atoms with E-state index in [4.69, 9.17) is 0 Å². The molecule has 7 nitrogen and oxygen atoms in total. The number of carbonyl (C=O) groups excluding carboxylic acids is 2. The van der Waals surface area contributed by atoms with Crippen LogP contribution < -0.4 is 9.62 Å². The van der Waals surface area contributed by atoms with Crippen molar-refractivity contribution in [2.75, 3.05) is 10.8 Å². The molecule has 0 radical (unpaired) electrons. The number of carbonyl (C=O) groups is 2. The molecule has 0 aliphatic carbocycles. The van der Waals surface area contributed by atoms with Gasteiger partial charge in [0.25, 0.3) is 10.0 Å². The first-order valence-electron chi connectivity index (χ1n) is 13.1. The van der Waals surface area contributed by atoms with Gasteiger partial charge in [0.15, 0.2) is 0 Å². The van der Waals surface area contributed by atoms with Gasteiger partial charge in [-0.05, 0) is 68.1 Å². The van der Waals surface area contributed by atoms with Gasteiger partial charge in [0, 0.05) is 17.1 Å². The van der Waals surface area contributed by atoms with Crippen molar-refractivity contribution in [2.24, 2.45) is 0 Å². The molecule has 0 fully saturated rings. The summed E-state index contributed by atoms with van der Waals surface area (Å²) in [7, 11) is -4.09. The summed E-state index contributed by atoms with van der Waals surface area (Å²) in [5.41, 5.74) is 2.21. The minimum atomic E-state index is -4.09. The maximum absolute atomic E-state index is 14.1. The van der Waals surface area contributed by atoms with Gasteiger partial charge in [-0.3, -0.25) is 13.9 Å². The number of nitrogens with one attached hydrogen (secondary N) is 1. The lowest BCUT2D eigenvalue weighted by molar-refractivity contribution is -0.140. The van der Waals surface area contributed by atoms with Gasteiger partial charge in [-0.2, -0.15) is 0 Å². The Morgan fingerprint density at radius 1 is 0.923 bits per heavy atom. The highest BCUT2D eigenvalue weighted by Gasteiger charge is 2.34. The highest BCUT2D eigenvalue weighted by atomic mass is 79.9. The van der Waals surface area contributed by atoms with Crippen molar-refractivity contribution >= 4 is 43.5 Å². The number of benzene rings is 3. The number of rotatable bonds is 12. The highest BCUT2D eigenvalue weighted by molar-refractivity contribution is 9.10. The topological polar surface area (TPSA) is 86.8 Å². The molecule has 0 spiro atoms. The molecule has 0 aliphatic heterocycles. The normalized spacial score (nSPS) is 12.8. The van der Waals surface area contributed by atoms with Crippen LogP contribution in [0.2, 0.25) is 0 Å². The van der Waals surface area contributed by atoms with Crippen molar-refractivity contribution in [1.29, 1.82) is 0 Å². The van der Waals surface area contributed by atoms with Gasteiger partial charge < -0.3 is 10.2 Å². The van der Waals surface area contributed by atoms with Crippen LogP contribution in [0.1, 0.15) is 44.7 Å². The van der Waals surface area contributed by atoms with Crippen LogP contribution in [0.5, 0.6) is 0 Å². The molecule has 9 heteroatoms. The van der Waals surface area contributed by atoms with E-state index in [0.29, 0.717) is 16.6 Å². The summed E-state index contributed by atoms with van der Waals surface area (Å²) in [6.07, 6.45) is 1.13. The van der Waals surface area contributed by atoms with Crippen LogP contribution in [0.4, 0.5) is 5.69 Å². The lowest BCUT2D eigenvalue weighted by atomic mass is 10.1. The molecule has 0 bridgehead atoms. The molecular weight excluding hydrogens is 578 g/mol.